The summed E-state index contributed by atoms with van der Waals surface area (Å²) >= 11 is 0. The van der Waals surface area contributed by atoms with Crippen LogP contribution in [0.2, 0.25) is 0 Å². The fourth-order valence-electron chi connectivity index (χ4n) is 2.01. The van der Waals surface area contributed by atoms with E-state index in [0.29, 0.717) is 12.4 Å². The summed E-state index contributed by atoms with van der Waals surface area (Å²) in [6.45, 7) is 1.48. The van der Waals surface area contributed by atoms with Crippen LogP contribution in [0, 0.1) is 0 Å². The van der Waals surface area contributed by atoms with Crippen LogP contribution in [0.1, 0.15) is 12.5 Å². The smallest absolute Gasteiger partial charge is 0.222 e. The molecule has 6 nitrogen and oxygen atoms in total. The Morgan fingerprint density at radius 3 is 3.24 bits per heavy atom. The van der Waals surface area contributed by atoms with Gasteiger partial charge < -0.3 is 11.1 Å². The average Bonchev–Trinajstić information content (AvgIpc) is 2.83. The third-order valence-electron chi connectivity index (χ3n) is 2.93. The largest absolute Gasteiger partial charge is 0.354 e. The first-order valence-electron chi connectivity index (χ1n) is 5.69. The second-order valence-electron chi connectivity index (χ2n) is 4.05. The summed E-state index contributed by atoms with van der Waals surface area (Å²) in [5.74, 6) is 1.49. The average molecular weight is 230 g/mol. The fraction of sp³-hybridized carbons (Fsp3) is 0.364. The molecule has 3 heterocycles. The molecular formula is C11H14N6. The molecule has 0 amide bonds. The van der Waals surface area contributed by atoms with E-state index >= 15 is 0 Å². The zero-order chi connectivity index (χ0) is 11.7. The van der Waals surface area contributed by atoms with Crippen molar-refractivity contribution < 1.29 is 0 Å². The summed E-state index contributed by atoms with van der Waals surface area (Å²) in [7, 11) is 0. The lowest BCUT2D eigenvalue weighted by atomic mass is 10.2. The first-order chi connectivity index (χ1) is 8.38. The number of hydrogen-bond donors (Lipinski definition) is 2. The predicted octanol–water partition coefficient (Wildman–Crippen LogP) is 0.655. The summed E-state index contributed by atoms with van der Waals surface area (Å²) in [4.78, 5) is 8.54. The Morgan fingerprint density at radius 1 is 1.53 bits per heavy atom. The van der Waals surface area contributed by atoms with E-state index < -0.39 is 0 Å². The maximum Gasteiger partial charge on any atom is 0.222 e. The molecule has 0 bridgehead atoms. The van der Waals surface area contributed by atoms with Gasteiger partial charge in [0.15, 0.2) is 5.82 Å². The highest BCUT2D eigenvalue weighted by Gasteiger charge is 2.22. The highest BCUT2D eigenvalue weighted by Crippen LogP contribution is 2.24. The van der Waals surface area contributed by atoms with Crippen molar-refractivity contribution in [1.82, 2.24) is 19.7 Å². The molecule has 17 heavy (non-hydrogen) atoms. The highest BCUT2D eigenvalue weighted by molar-refractivity contribution is 5.54. The molecule has 1 aliphatic rings. The van der Waals surface area contributed by atoms with Gasteiger partial charge >= 0.3 is 0 Å². The van der Waals surface area contributed by atoms with E-state index in [9.17, 15) is 0 Å². The summed E-state index contributed by atoms with van der Waals surface area (Å²) < 4.78 is 1.88. The molecule has 0 saturated carbocycles. The van der Waals surface area contributed by atoms with Crippen molar-refractivity contribution in [2.45, 2.75) is 12.5 Å². The van der Waals surface area contributed by atoms with Gasteiger partial charge in [-0.25, -0.2) is 4.68 Å². The van der Waals surface area contributed by atoms with Gasteiger partial charge in [0.2, 0.25) is 5.95 Å². The summed E-state index contributed by atoms with van der Waals surface area (Å²) in [6.07, 6.45) is 4.48. The van der Waals surface area contributed by atoms with Crippen LogP contribution < -0.4 is 11.1 Å². The third kappa shape index (κ3) is 1.76. The first-order valence-corrected chi connectivity index (χ1v) is 5.69. The van der Waals surface area contributed by atoms with E-state index in [-0.39, 0.29) is 6.04 Å². The second kappa shape index (κ2) is 4.14. The number of fused-ring (bicyclic) bond motifs is 1. The Balaban J connectivity index is 2.02. The van der Waals surface area contributed by atoms with Crippen LogP contribution >= 0.6 is 0 Å². The zero-order valence-corrected chi connectivity index (χ0v) is 9.37. The lowest BCUT2D eigenvalue weighted by Gasteiger charge is -2.22. The minimum atomic E-state index is 0.240. The number of hydrogen-bond acceptors (Lipinski definition) is 5. The van der Waals surface area contributed by atoms with Gasteiger partial charge in [0.05, 0.1) is 6.04 Å². The summed E-state index contributed by atoms with van der Waals surface area (Å²) in [6, 6.07) is 4.07. The Morgan fingerprint density at radius 2 is 2.47 bits per heavy atom. The molecule has 2 aromatic rings. The Hall–Kier alpha value is -1.95. The molecule has 3 N–H and O–H groups in total. The number of nitrogens with zero attached hydrogens (tertiary/aromatic N) is 4. The van der Waals surface area contributed by atoms with Crippen molar-refractivity contribution in [3.63, 3.8) is 0 Å². The lowest BCUT2D eigenvalue weighted by Crippen LogP contribution is -2.29. The van der Waals surface area contributed by atoms with Crippen LogP contribution in [0.15, 0.2) is 24.5 Å². The summed E-state index contributed by atoms with van der Waals surface area (Å²) in [5.41, 5.74) is 6.66. The molecule has 6 heteroatoms. The van der Waals surface area contributed by atoms with Crippen molar-refractivity contribution in [3.05, 3.63) is 24.5 Å². The molecule has 0 saturated heterocycles. The quantitative estimate of drug-likeness (QED) is 0.791. The van der Waals surface area contributed by atoms with Crippen LogP contribution in [0.25, 0.3) is 11.4 Å². The van der Waals surface area contributed by atoms with E-state index in [2.05, 4.69) is 20.4 Å². The molecule has 0 spiro atoms. The number of nitrogens with two attached hydrogens (primary N) is 1. The molecule has 0 aliphatic carbocycles. The summed E-state index contributed by atoms with van der Waals surface area (Å²) in [5, 5.41) is 7.73. The minimum Gasteiger partial charge on any atom is -0.354 e. The zero-order valence-electron chi connectivity index (χ0n) is 9.37. The lowest BCUT2D eigenvalue weighted by molar-refractivity contribution is 0.427. The second-order valence-corrected chi connectivity index (χ2v) is 4.05. The van der Waals surface area contributed by atoms with Crippen molar-refractivity contribution in [1.29, 1.82) is 0 Å². The van der Waals surface area contributed by atoms with Gasteiger partial charge in [-0.05, 0) is 18.6 Å². The fourth-order valence-corrected chi connectivity index (χ4v) is 2.01. The van der Waals surface area contributed by atoms with Gasteiger partial charge in [0.1, 0.15) is 0 Å². The molecule has 1 unspecified atom stereocenters. The van der Waals surface area contributed by atoms with Gasteiger partial charge in [0, 0.05) is 31.0 Å². The molecular weight excluding hydrogens is 216 g/mol. The molecule has 0 aromatic carbocycles. The van der Waals surface area contributed by atoms with E-state index in [1.54, 1.807) is 12.4 Å². The molecule has 3 rings (SSSR count). The van der Waals surface area contributed by atoms with E-state index in [1.807, 2.05) is 16.8 Å². The highest BCUT2D eigenvalue weighted by atomic mass is 15.4. The molecule has 1 aliphatic heterocycles. The van der Waals surface area contributed by atoms with Crippen molar-refractivity contribution >= 4 is 5.95 Å². The van der Waals surface area contributed by atoms with Gasteiger partial charge in [-0.3, -0.25) is 4.98 Å². The van der Waals surface area contributed by atoms with Crippen molar-refractivity contribution in [2.24, 2.45) is 5.73 Å². The van der Waals surface area contributed by atoms with Gasteiger partial charge in [-0.15, -0.1) is 5.10 Å². The standard InChI is InChI=1S/C11H14N6/c12-6-9-3-5-14-11-15-10(16-17(9)11)8-2-1-4-13-7-8/h1-2,4,7,9H,3,5-6,12H2,(H,14,15,16). The number of rotatable bonds is 2. The topological polar surface area (TPSA) is 81.7 Å². The van der Waals surface area contributed by atoms with Crippen LogP contribution in [-0.4, -0.2) is 32.8 Å². The number of anilines is 1. The van der Waals surface area contributed by atoms with Crippen molar-refractivity contribution in [2.75, 3.05) is 18.4 Å². The molecule has 1 atom stereocenters. The minimum absolute atomic E-state index is 0.240. The molecule has 0 radical (unpaired) electrons. The number of nitrogens with one attached hydrogen (secondary N) is 1. The van der Waals surface area contributed by atoms with Crippen molar-refractivity contribution in [3.8, 4) is 11.4 Å². The first kappa shape index (κ1) is 10.2. The van der Waals surface area contributed by atoms with Crippen LogP contribution in [0.4, 0.5) is 5.95 Å². The molecule has 88 valence electrons. The van der Waals surface area contributed by atoms with E-state index in [4.69, 9.17) is 5.73 Å². The number of aromatic nitrogens is 4. The number of pyridine rings is 1. The maximum absolute atomic E-state index is 5.74. The Labute approximate surface area is 98.9 Å². The van der Waals surface area contributed by atoms with Crippen LogP contribution in [-0.2, 0) is 0 Å². The van der Waals surface area contributed by atoms with Gasteiger partial charge in [-0.1, -0.05) is 0 Å². The SMILES string of the molecule is NCC1CCNc2nc(-c3cccnc3)nn21. The molecule has 2 aromatic heterocycles. The van der Waals surface area contributed by atoms with E-state index in [1.165, 1.54) is 0 Å². The van der Waals surface area contributed by atoms with E-state index in [0.717, 1.165) is 24.5 Å². The maximum atomic E-state index is 5.74. The monoisotopic (exact) mass is 230 g/mol. The third-order valence-corrected chi connectivity index (χ3v) is 2.93. The van der Waals surface area contributed by atoms with Crippen LogP contribution in [0.5, 0.6) is 0 Å². The Bertz CT molecular complexity index is 506. The Kier molecular flexibility index (Phi) is 2.49. The molecule has 0 fully saturated rings. The van der Waals surface area contributed by atoms with Crippen LogP contribution in [0.3, 0.4) is 0 Å². The van der Waals surface area contributed by atoms with Gasteiger partial charge in [0.25, 0.3) is 0 Å². The normalized spacial score (nSPS) is 18.5. The van der Waals surface area contributed by atoms with Gasteiger partial charge in [-0.2, -0.15) is 4.98 Å². The predicted molar refractivity (Wildman–Crippen MR) is 64.5 cm³/mol.